The molecular weight excluding hydrogens is 1080 g/mol. The minimum Gasteiger partial charge on any atom is -0.462 e. The summed E-state index contributed by atoms with van der Waals surface area (Å²) in [6.45, 7) is 4.08. The monoisotopic (exact) mass is 1230 g/mol. The highest BCUT2D eigenvalue weighted by molar-refractivity contribution is 5.70. The van der Waals surface area contributed by atoms with Crippen molar-refractivity contribution in [2.75, 3.05) is 13.2 Å². The number of rotatable bonds is 73. The summed E-state index contributed by atoms with van der Waals surface area (Å²) in [6, 6.07) is 0. The van der Waals surface area contributed by atoms with Gasteiger partial charge in [-0.2, -0.15) is 0 Å². The van der Waals surface area contributed by atoms with Gasteiger partial charge in [0.05, 0.1) is 6.61 Å². The molecule has 0 radical (unpaired) electrons. The molecule has 0 aliphatic heterocycles. The van der Waals surface area contributed by atoms with E-state index in [2.05, 4.69) is 98.9 Å². The fourth-order valence-electron chi connectivity index (χ4n) is 11.9. The fraction of sp³-hybridized carbons (Fsp3) is 0.807. The van der Waals surface area contributed by atoms with Crippen molar-refractivity contribution >= 4 is 11.9 Å². The maximum Gasteiger partial charge on any atom is 0.306 e. The van der Waals surface area contributed by atoms with Gasteiger partial charge in [0.15, 0.2) is 6.10 Å². The Labute approximate surface area is 549 Å². The number of esters is 2. The molecule has 0 amide bonds. The van der Waals surface area contributed by atoms with E-state index in [1.54, 1.807) is 0 Å². The number of carbonyl (C=O) groups excluding carboxylic acids is 2. The molecule has 0 aromatic rings. The summed E-state index contributed by atoms with van der Waals surface area (Å²) < 4.78 is 10.8. The van der Waals surface area contributed by atoms with Gasteiger partial charge in [-0.05, 0) is 70.6 Å². The van der Waals surface area contributed by atoms with E-state index >= 15 is 0 Å². The van der Waals surface area contributed by atoms with Gasteiger partial charge >= 0.3 is 11.9 Å². The Hall–Kier alpha value is -2.92. The Morgan fingerprint density at radius 1 is 0.273 bits per heavy atom. The Kier molecular flexibility index (Phi) is 75.7. The van der Waals surface area contributed by atoms with Crippen molar-refractivity contribution in [3.8, 4) is 0 Å². The van der Waals surface area contributed by atoms with Crippen molar-refractivity contribution in [1.82, 2.24) is 0 Å². The third-order valence-corrected chi connectivity index (χ3v) is 17.7. The smallest absolute Gasteiger partial charge is 0.306 e. The van der Waals surface area contributed by atoms with Gasteiger partial charge in [0.1, 0.15) is 6.61 Å². The number of aliphatic hydroxyl groups is 1. The topological polar surface area (TPSA) is 72.8 Å². The van der Waals surface area contributed by atoms with Crippen LogP contribution in [0.1, 0.15) is 412 Å². The molecule has 1 unspecified atom stereocenters. The highest BCUT2D eigenvalue weighted by atomic mass is 16.6. The molecule has 5 nitrogen and oxygen atoms in total. The molecule has 0 aliphatic carbocycles. The Balaban J connectivity index is 3.41. The molecule has 0 saturated carbocycles. The molecule has 0 aromatic heterocycles. The van der Waals surface area contributed by atoms with Gasteiger partial charge < -0.3 is 14.6 Å². The summed E-state index contributed by atoms with van der Waals surface area (Å²) >= 11 is 0. The molecule has 0 heterocycles. The standard InChI is InChI=1S/C83H150O5/c1-3-5-7-9-11-13-15-17-19-21-23-25-27-29-31-33-35-37-39-40-41-42-44-45-47-49-51-53-55-57-59-61-63-65-67-69-71-73-75-77-82(85)87-80-81(79-84)88-83(86)78-76-74-72-70-68-66-64-62-60-58-56-54-52-50-48-46-43-38-36-34-32-30-28-26-24-22-20-18-16-14-12-10-8-6-4-2/h6,8,12,14,18,20,24,26,30,32,36,38,46,48,81,84H,3-5,7,9-11,13,15-17,19,21-23,25,27-29,31,33-35,37,39-45,47,49-80H2,1-2H3/b8-6-,14-12-,20-18-,26-24-,32-30-,38-36-,48-46-. The third-order valence-electron chi connectivity index (χ3n) is 17.7. The summed E-state index contributed by atoms with van der Waals surface area (Å²) in [5.74, 6) is -0.574. The normalized spacial score (nSPS) is 12.6. The lowest BCUT2D eigenvalue weighted by atomic mass is 10.0. The van der Waals surface area contributed by atoms with Crippen LogP contribution in [0.5, 0.6) is 0 Å². The van der Waals surface area contributed by atoms with Crippen LogP contribution >= 0.6 is 0 Å². The molecule has 0 fully saturated rings. The van der Waals surface area contributed by atoms with E-state index in [1.807, 2.05) is 0 Å². The predicted molar refractivity (Wildman–Crippen MR) is 390 cm³/mol. The minimum absolute atomic E-state index is 0.0642. The van der Waals surface area contributed by atoms with Crippen LogP contribution in [-0.4, -0.2) is 36.4 Å². The number of carbonyl (C=O) groups is 2. The van der Waals surface area contributed by atoms with Gasteiger partial charge in [0.25, 0.3) is 0 Å². The maximum absolute atomic E-state index is 12.4. The van der Waals surface area contributed by atoms with E-state index < -0.39 is 6.10 Å². The van der Waals surface area contributed by atoms with Crippen molar-refractivity contribution in [3.63, 3.8) is 0 Å². The first-order chi connectivity index (χ1) is 43.6. The Morgan fingerprint density at radius 3 is 0.739 bits per heavy atom. The van der Waals surface area contributed by atoms with E-state index in [-0.39, 0.29) is 25.2 Å². The number of hydrogen-bond acceptors (Lipinski definition) is 5. The quantitative estimate of drug-likeness (QED) is 0.0373. The van der Waals surface area contributed by atoms with Gasteiger partial charge in [-0.15, -0.1) is 0 Å². The van der Waals surface area contributed by atoms with Crippen molar-refractivity contribution in [2.45, 2.75) is 418 Å². The number of hydrogen-bond donors (Lipinski definition) is 1. The molecule has 1 atom stereocenters. The molecule has 0 saturated heterocycles. The predicted octanol–water partition coefficient (Wildman–Crippen LogP) is 27.6. The van der Waals surface area contributed by atoms with Gasteiger partial charge in [0.2, 0.25) is 0 Å². The van der Waals surface area contributed by atoms with E-state index in [1.165, 1.54) is 302 Å². The molecular formula is C83H150O5. The van der Waals surface area contributed by atoms with Crippen LogP contribution in [-0.2, 0) is 19.1 Å². The first kappa shape index (κ1) is 85.1. The average Bonchev–Trinajstić information content (AvgIpc) is 3.54. The summed E-state index contributed by atoms with van der Waals surface area (Å²) in [5, 5.41) is 9.72. The van der Waals surface area contributed by atoms with Crippen LogP contribution in [0.3, 0.4) is 0 Å². The number of ether oxygens (including phenoxy) is 2. The Bertz CT molecular complexity index is 1580. The number of unbranched alkanes of at least 4 members (excludes halogenated alkanes) is 51. The number of aliphatic hydroxyl groups excluding tert-OH is 1. The van der Waals surface area contributed by atoms with Crippen LogP contribution in [0.4, 0.5) is 0 Å². The summed E-state index contributed by atoms with van der Waals surface area (Å²) in [5.41, 5.74) is 0. The van der Waals surface area contributed by atoms with E-state index in [0.29, 0.717) is 12.8 Å². The average molecular weight is 1230 g/mol. The zero-order chi connectivity index (χ0) is 63.3. The van der Waals surface area contributed by atoms with Gasteiger partial charge in [-0.25, -0.2) is 0 Å². The molecule has 5 heteroatoms. The second-order valence-electron chi connectivity index (χ2n) is 26.4. The van der Waals surface area contributed by atoms with Crippen LogP contribution in [0.25, 0.3) is 0 Å². The largest absolute Gasteiger partial charge is 0.462 e. The van der Waals surface area contributed by atoms with Crippen LogP contribution in [0.15, 0.2) is 85.1 Å². The second kappa shape index (κ2) is 78.3. The molecule has 1 N–H and O–H groups in total. The second-order valence-corrected chi connectivity index (χ2v) is 26.4. The lowest BCUT2D eigenvalue weighted by molar-refractivity contribution is -0.161. The zero-order valence-corrected chi connectivity index (χ0v) is 59.0. The minimum atomic E-state index is -0.777. The van der Waals surface area contributed by atoms with Gasteiger partial charge in [-0.3, -0.25) is 9.59 Å². The zero-order valence-electron chi connectivity index (χ0n) is 59.0. The van der Waals surface area contributed by atoms with E-state index in [9.17, 15) is 14.7 Å². The van der Waals surface area contributed by atoms with Gasteiger partial charge in [-0.1, -0.05) is 414 Å². The van der Waals surface area contributed by atoms with Crippen LogP contribution < -0.4 is 0 Å². The first-order valence-corrected chi connectivity index (χ1v) is 39.1. The van der Waals surface area contributed by atoms with Crippen molar-refractivity contribution in [3.05, 3.63) is 85.1 Å². The molecule has 512 valence electrons. The molecule has 0 bridgehead atoms. The highest BCUT2D eigenvalue weighted by Crippen LogP contribution is 2.20. The summed E-state index contributed by atoms with van der Waals surface area (Å²) in [7, 11) is 0. The third kappa shape index (κ3) is 75.5. The van der Waals surface area contributed by atoms with E-state index in [4.69, 9.17) is 9.47 Å². The van der Waals surface area contributed by atoms with E-state index in [0.717, 1.165) is 83.5 Å². The maximum atomic E-state index is 12.4. The van der Waals surface area contributed by atoms with Gasteiger partial charge in [0, 0.05) is 12.8 Å². The lowest BCUT2D eigenvalue weighted by Gasteiger charge is -2.15. The molecule has 0 aliphatic rings. The lowest BCUT2D eigenvalue weighted by Crippen LogP contribution is -2.28. The molecule has 0 rings (SSSR count). The van der Waals surface area contributed by atoms with Crippen molar-refractivity contribution < 1.29 is 24.2 Å². The van der Waals surface area contributed by atoms with Crippen molar-refractivity contribution in [2.24, 2.45) is 0 Å². The molecule has 0 aromatic carbocycles. The van der Waals surface area contributed by atoms with Crippen molar-refractivity contribution in [1.29, 1.82) is 0 Å². The summed E-state index contributed by atoms with van der Waals surface area (Å²) in [4.78, 5) is 24.7. The SMILES string of the molecule is CC/C=C\C/C=C\C/C=C\C/C=C\C/C=C\C/C=C\C/C=C\CCCCCCCCCCCCCCCC(=O)OC(CO)COC(=O)CCCCCCCCCCCCCCCCCCCCCCCCCCCCCCCCCCCCCCCCC. The van der Waals surface area contributed by atoms with Crippen LogP contribution in [0, 0.1) is 0 Å². The summed E-state index contributed by atoms with van der Waals surface area (Å²) in [6.07, 6.45) is 111. The molecule has 88 heavy (non-hydrogen) atoms. The molecule has 0 spiro atoms. The Morgan fingerprint density at radius 2 is 0.489 bits per heavy atom. The first-order valence-electron chi connectivity index (χ1n) is 39.1. The highest BCUT2D eigenvalue weighted by Gasteiger charge is 2.16. The van der Waals surface area contributed by atoms with Crippen LogP contribution in [0.2, 0.25) is 0 Å². The number of allylic oxidation sites excluding steroid dienone is 14. The fourth-order valence-corrected chi connectivity index (χ4v) is 11.9.